The lowest BCUT2D eigenvalue weighted by molar-refractivity contribution is 0.469. The van der Waals surface area contributed by atoms with Crippen molar-refractivity contribution in [2.45, 2.75) is 115 Å². The summed E-state index contributed by atoms with van der Waals surface area (Å²) in [7, 11) is 0. The summed E-state index contributed by atoms with van der Waals surface area (Å²) in [5.41, 5.74) is 5.78. The van der Waals surface area contributed by atoms with Gasteiger partial charge in [-0.25, -0.2) is 0 Å². The van der Waals surface area contributed by atoms with Gasteiger partial charge < -0.3 is 0 Å². The van der Waals surface area contributed by atoms with E-state index in [-0.39, 0.29) is 10.8 Å². The molecule has 25 heavy (non-hydrogen) atoms. The Labute approximate surface area is 160 Å². The monoisotopic (exact) mass is 348 g/mol. The number of hydrogen-bond acceptors (Lipinski definition) is 0. The van der Waals surface area contributed by atoms with Gasteiger partial charge in [0.1, 0.15) is 0 Å². The van der Waals surface area contributed by atoms with E-state index in [4.69, 9.17) is 0 Å². The highest BCUT2D eigenvalue weighted by Crippen LogP contribution is 2.30. The van der Waals surface area contributed by atoms with Crippen LogP contribution in [0.2, 0.25) is 0 Å². The van der Waals surface area contributed by atoms with Gasteiger partial charge in [0.15, 0.2) is 0 Å². The summed E-state index contributed by atoms with van der Waals surface area (Å²) < 4.78 is 0. The lowest BCUT2D eigenvalue weighted by atomic mass is 9.79. The van der Waals surface area contributed by atoms with E-state index in [2.05, 4.69) is 122 Å². The Kier molecular flexibility index (Phi) is 9.78. The molecule has 1 aromatic carbocycles. The van der Waals surface area contributed by atoms with Gasteiger partial charge in [-0.05, 0) is 45.3 Å². The van der Waals surface area contributed by atoms with E-state index in [1.165, 1.54) is 16.7 Å². The summed E-state index contributed by atoms with van der Waals surface area (Å²) >= 11 is 0. The van der Waals surface area contributed by atoms with Gasteiger partial charge >= 0.3 is 0 Å². The van der Waals surface area contributed by atoms with Gasteiger partial charge in [-0.3, -0.25) is 0 Å². The molecule has 0 spiro atoms. The number of hydrogen-bond donors (Lipinski definition) is 0. The topological polar surface area (TPSA) is 0 Å². The minimum atomic E-state index is 0.241. The van der Waals surface area contributed by atoms with Crippen molar-refractivity contribution in [3.05, 3.63) is 34.9 Å². The smallest absolute Gasteiger partial charge is 0.0129 e. The van der Waals surface area contributed by atoms with Crippen molar-refractivity contribution >= 4 is 0 Å². The normalized spacial score (nSPS) is 12.6. The van der Waals surface area contributed by atoms with Gasteiger partial charge in [0.2, 0.25) is 0 Å². The predicted molar refractivity (Wildman–Crippen MR) is 119 cm³/mol. The van der Waals surface area contributed by atoms with Crippen LogP contribution in [0.15, 0.2) is 18.2 Å². The molecule has 0 radical (unpaired) electrons. The number of benzene rings is 1. The molecule has 0 heterocycles. The van der Waals surface area contributed by atoms with E-state index in [1.54, 1.807) is 0 Å². The lowest BCUT2D eigenvalue weighted by Gasteiger charge is -2.26. The second-order valence-corrected chi connectivity index (χ2v) is 12.5. The summed E-state index contributed by atoms with van der Waals surface area (Å²) in [5, 5.41) is 0. The van der Waals surface area contributed by atoms with Crippen molar-refractivity contribution in [1.29, 1.82) is 0 Å². The first-order chi connectivity index (χ1) is 10.6. The Hall–Kier alpha value is -0.780. The summed E-state index contributed by atoms with van der Waals surface area (Å²) in [6.45, 7) is 33.3. The first kappa shape index (κ1) is 26.4. The molecule has 1 rings (SSSR count). The third-order valence-corrected chi connectivity index (χ3v) is 2.91. The van der Waals surface area contributed by atoms with Gasteiger partial charge in [-0.1, -0.05) is 115 Å². The molecule has 0 bridgehead atoms. The Balaban J connectivity index is 0. The molecule has 0 aliphatic rings. The molecule has 0 aliphatic carbocycles. The molecule has 0 saturated carbocycles. The summed E-state index contributed by atoms with van der Waals surface area (Å²) in [5.74, 6) is 0. The van der Waals surface area contributed by atoms with Crippen LogP contribution in [0.1, 0.15) is 114 Å². The van der Waals surface area contributed by atoms with E-state index in [1.807, 2.05) is 0 Å². The number of aryl methyl sites for hydroxylation is 1. The summed E-state index contributed by atoms with van der Waals surface area (Å²) in [4.78, 5) is 0. The van der Waals surface area contributed by atoms with Gasteiger partial charge in [0.05, 0.1) is 0 Å². The van der Waals surface area contributed by atoms with Crippen molar-refractivity contribution < 1.29 is 0 Å². The molecular weight excluding hydrogens is 300 g/mol. The second-order valence-electron chi connectivity index (χ2n) is 12.5. The minimum Gasteiger partial charge on any atom is -0.0604 e. The second kappa shape index (κ2) is 9.24. The maximum atomic E-state index is 2.37. The molecule has 0 unspecified atom stereocenters. The average Bonchev–Trinajstić information content (AvgIpc) is 2.21. The summed E-state index contributed by atoms with van der Waals surface area (Å²) in [6, 6.07) is 6.88. The van der Waals surface area contributed by atoms with Gasteiger partial charge in [-0.15, -0.1) is 0 Å². The highest BCUT2D eigenvalue weighted by atomic mass is 14.2. The Morgan fingerprint density at radius 2 is 0.840 bits per heavy atom. The zero-order chi connectivity index (χ0) is 20.9. The fraction of sp³-hybridized carbons (Fsp3) is 0.760. The zero-order valence-corrected chi connectivity index (χ0v) is 20.2. The van der Waals surface area contributed by atoms with Crippen LogP contribution < -0.4 is 0 Å². The number of rotatable bonds is 0. The molecule has 0 N–H and O–H groups in total. The van der Waals surface area contributed by atoms with Crippen LogP contribution in [0.25, 0.3) is 0 Å². The first-order valence-electron chi connectivity index (χ1n) is 9.74. The molecular formula is C25H48. The van der Waals surface area contributed by atoms with Crippen LogP contribution in [-0.2, 0) is 10.8 Å². The molecule has 0 atom stereocenters. The molecule has 0 fully saturated rings. The standard InChI is InChI=1S/C15H24.2C5H12/c1-11-8-9-12(14(2,3)4)10-13(11)15(5,6)7;2*1-5(2,3)4/h8-10H,1-7H3;2*1-4H3. The van der Waals surface area contributed by atoms with Crippen LogP contribution in [0.4, 0.5) is 0 Å². The lowest BCUT2D eigenvalue weighted by Crippen LogP contribution is -2.17. The fourth-order valence-corrected chi connectivity index (χ4v) is 1.90. The van der Waals surface area contributed by atoms with Crippen LogP contribution >= 0.6 is 0 Å². The van der Waals surface area contributed by atoms with Crippen molar-refractivity contribution in [3.63, 3.8) is 0 Å². The van der Waals surface area contributed by atoms with Crippen LogP contribution in [0.5, 0.6) is 0 Å². The maximum Gasteiger partial charge on any atom is -0.0129 e. The first-order valence-corrected chi connectivity index (χ1v) is 9.74. The van der Waals surface area contributed by atoms with Gasteiger partial charge in [0, 0.05) is 0 Å². The van der Waals surface area contributed by atoms with Crippen molar-refractivity contribution in [2.75, 3.05) is 0 Å². The maximum absolute atomic E-state index is 2.37. The molecule has 0 saturated heterocycles. The zero-order valence-electron chi connectivity index (χ0n) is 20.2. The molecule has 0 aromatic heterocycles. The third kappa shape index (κ3) is 17.8. The van der Waals surface area contributed by atoms with Gasteiger partial charge in [0.25, 0.3) is 0 Å². The van der Waals surface area contributed by atoms with E-state index in [0.717, 1.165) is 0 Å². The molecule has 148 valence electrons. The summed E-state index contributed by atoms with van der Waals surface area (Å²) in [6.07, 6.45) is 0. The highest BCUT2D eigenvalue weighted by Gasteiger charge is 2.20. The molecule has 0 nitrogen and oxygen atoms in total. The van der Waals surface area contributed by atoms with Gasteiger partial charge in [-0.2, -0.15) is 0 Å². The van der Waals surface area contributed by atoms with E-state index in [9.17, 15) is 0 Å². The molecule has 0 aliphatic heterocycles. The van der Waals surface area contributed by atoms with Crippen LogP contribution in [-0.4, -0.2) is 0 Å². The van der Waals surface area contributed by atoms with Crippen molar-refractivity contribution in [1.82, 2.24) is 0 Å². The van der Waals surface area contributed by atoms with Crippen LogP contribution in [0, 0.1) is 17.8 Å². The highest BCUT2D eigenvalue weighted by molar-refractivity contribution is 5.38. The Morgan fingerprint density at radius 3 is 1.08 bits per heavy atom. The largest absolute Gasteiger partial charge is 0.0604 e. The Morgan fingerprint density at radius 1 is 0.520 bits per heavy atom. The fourth-order valence-electron chi connectivity index (χ4n) is 1.90. The van der Waals surface area contributed by atoms with E-state index >= 15 is 0 Å². The van der Waals surface area contributed by atoms with E-state index in [0.29, 0.717) is 10.8 Å². The third-order valence-electron chi connectivity index (χ3n) is 2.91. The predicted octanol–water partition coefficient (Wildman–Crippen LogP) is 8.69. The quantitative estimate of drug-likeness (QED) is 0.440. The Bertz CT molecular complexity index is 467. The van der Waals surface area contributed by atoms with Crippen LogP contribution in [0.3, 0.4) is 0 Å². The molecule has 1 aromatic rings. The SMILES string of the molecule is CC(C)(C)C.CC(C)(C)C.Cc1ccc(C(C)(C)C)cc1C(C)(C)C. The van der Waals surface area contributed by atoms with Crippen molar-refractivity contribution in [3.8, 4) is 0 Å². The van der Waals surface area contributed by atoms with E-state index < -0.39 is 0 Å². The molecule has 0 amide bonds. The minimum absolute atomic E-state index is 0.241. The average molecular weight is 349 g/mol. The molecule has 0 heteroatoms. The van der Waals surface area contributed by atoms with Crippen molar-refractivity contribution in [2.24, 2.45) is 10.8 Å².